The van der Waals surface area contributed by atoms with E-state index in [-0.39, 0.29) is 23.8 Å². The van der Waals surface area contributed by atoms with Crippen molar-refractivity contribution in [1.82, 2.24) is 4.90 Å². The second-order valence-corrected chi connectivity index (χ2v) is 6.99. The molecule has 0 bridgehead atoms. The van der Waals surface area contributed by atoms with Gasteiger partial charge in [0.05, 0.1) is 5.92 Å². The summed E-state index contributed by atoms with van der Waals surface area (Å²) in [7, 11) is 0. The Labute approximate surface area is 137 Å². The van der Waals surface area contributed by atoms with E-state index in [0.717, 1.165) is 23.2 Å². The molecule has 5 nitrogen and oxygen atoms in total. The lowest BCUT2D eigenvalue weighted by molar-refractivity contribution is -0.134. The predicted molar refractivity (Wildman–Crippen MR) is 90.3 cm³/mol. The summed E-state index contributed by atoms with van der Waals surface area (Å²) in [6.07, 6.45) is 1.16. The van der Waals surface area contributed by atoms with Crippen LogP contribution >= 0.6 is 0 Å². The maximum Gasteiger partial charge on any atom is 0.228 e. The third kappa shape index (κ3) is 2.98. The summed E-state index contributed by atoms with van der Waals surface area (Å²) in [6.45, 7) is 7.92. The van der Waals surface area contributed by atoms with E-state index in [0.29, 0.717) is 26.1 Å². The number of amides is 2. The van der Waals surface area contributed by atoms with Crippen molar-refractivity contribution in [2.45, 2.75) is 39.7 Å². The van der Waals surface area contributed by atoms with Crippen molar-refractivity contribution < 1.29 is 9.59 Å². The van der Waals surface area contributed by atoms with Gasteiger partial charge < -0.3 is 15.5 Å². The van der Waals surface area contributed by atoms with Crippen molar-refractivity contribution in [2.24, 2.45) is 11.7 Å². The zero-order valence-electron chi connectivity index (χ0n) is 14.1. The number of rotatable bonds is 2. The first-order valence-corrected chi connectivity index (χ1v) is 8.29. The van der Waals surface area contributed by atoms with Crippen LogP contribution in [0, 0.1) is 26.7 Å². The van der Waals surface area contributed by atoms with Gasteiger partial charge in [0, 0.05) is 37.8 Å². The van der Waals surface area contributed by atoms with Gasteiger partial charge in [0.25, 0.3) is 0 Å². The van der Waals surface area contributed by atoms with Gasteiger partial charge in [0.1, 0.15) is 0 Å². The molecule has 2 N–H and O–H groups in total. The highest BCUT2D eigenvalue weighted by Gasteiger charge is 2.39. The number of carbonyl (C=O) groups excluding carboxylic acids is 2. The lowest BCUT2D eigenvalue weighted by atomic mass is 10.0. The van der Waals surface area contributed by atoms with Crippen molar-refractivity contribution >= 4 is 17.5 Å². The molecular formula is C18H25N3O2. The van der Waals surface area contributed by atoms with Crippen LogP contribution in [0.15, 0.2) is 12.1 Å². The molecule has 2 aliphatic heterocycles. The Bertz CT molecular complexity index is 633. The van der Waals surface area contributed by atoms with E-state index in [1.165, 1.54) is 5.56 Å². The minimum Gasteiger partial charge on any atom is -0.341 e. The minimum absolute atomic E-state index is 0.0434. The number of carbonyl (C=O) groups is 2. The number of nitrogens with two attached hydrogens (primary N) is 1. The molecule has 0 spiro atoms. The normalized spacial score (nSPS) is 24.6. The minimum atomic E-state index is -0.243. The molecule has 3 rings (SSSR count). The number of anilines is 1. The van der Waals surface area contributed by atoms with Crippen molar-refractivity contribution in [3.8, 4) is 0 Å². The third-order valence-electron chi connectivity index (χ3n) is 4.92. The number of nitrogens with zero attached hydrogens (tertiary/aromatic N) is 2. The van der Waals surface area contributed by atoms with E-state index in [4.69, 9.17) is 5.73 Å². The quantitative estimate of drug-likeness (QED) is 0.900. The van der Waals surface area contributed by atoms with Gasteiger partial charge in [-0.05, 0) is 38.3 Å². The van der Waals surface area contributed by atoms with E-state index >= 15 is 0 Å². The average Bonchev–Trinajstić information content (AvgIpc) is 3.04. The summed E-state index contributed by atoms with van der Waals surface area (Å²) < 4.78 is 0. The third-order valence-corrected chi connectivity index (χ3v) is 4.92. The molecule has 2 aliphatic rings. The van der Waals surface area contributed by atoms with Crippen molar-refractivity contribution in [3.63, 3.8) is 0 Å². The van der Waals surface area contributed by atoms with Crippen molar-refractivity contribution in [1.29, 1.82) is 0 Å². The van der Waals surface area contributed by atoms with Gasteiger partial charge in [-0.15, -0.1) is 0 Å². The fourth-order valence-corrected chi connectivity index (χ4v) is 3.93. The zero-order valence-corrected chi connectivity index (χ0v) is 14.1. The Morgan fingerprint density at radius 2 is 1.83 bits per heavy atom. The van der Waals surface area contributed by atoms with Gasteiger partial charge in [-0.2, -0.15) is 0 Å². The van der Waals surface area contributed by atoms with Crippen LogP contribution in [0.2, 0.25) is 0 Å². The summed E-state index contributed by atoms with van der Waals surface area (Å²) in [5.74, 6) is -0.119. The molecule has 2 atom stereocenters. The highest BCUT2D eigenvalue weighted by atomic mass is 16.2. The first-order valence-electron chi connectivity index (χ1n) is 8.29. The Kier molecular flexibility index (Phi) is 4.15. The summed E-state index contributed by atoms with van der Waals surface area (Å²) in [4.78, 5) is 28.7. The molecule has 1 aromatic rings. The van der Waals surface area contributed by atoms with Gasteiger partial charge in [0.2, 0.25) is 11.8 Å². The van der Waals surface area contributed by atoms with Crippen LogP contribution < -0.4 is 10.6 Å². The van der Waals surface area contributed by atoms with Gasteiger partial charge in [0.15, 0.2) is 0 Å². The molecule has 0 unspecified atom stereocenters. The van der Waals surface area contributed by atoms with Gasteiger partial charge in [-0.3, -0.25) is 9.59 Å². The lowest BCUT2D eigenvalue weighted by Crippen LogP contribution is -2.37. The number of likely N-dealkylation sites (tertiary alicyclic amines) is 1. The molecule has 124 valence electrons. The fraction of sp³-hybridized carbons (Fsp3) is 0.556. The first kappa shape index (κ1) is 16.0. The van der Waals surface area contributed by atoms with Gasteiger partial charge >= 0.3 is 0 Å². The largest absolute Gasteiger partial charge is 0.341 e. The molecule has 23 heavy (non-hydrogen) atoms. The summed E-state index contributed by atoms with van der Waals surface area (Å²) in [5, 5.41) is 0. The number of aryl methyl sites for hydroxylation is 3. The molecule has 0 radical (unpaired) electrons. The van der Waals surface area contributed by atoms with E-state index in [1.54, 1.807) is 4.90 Å². The Hall–Kier alpha value is -1.88. The first-order chi connectivity index (χ1) is 10.9. The summed E-state index contributed by atoms with van der Waals surface area (Å²) >= 11 is 0. The molecule has 1 aromatic carbocycles. The standard InChI is InChI=1S/C18H25N3O2/c1-11-6-12(2)17(13(3)7-11)21-9-14(8-16(21)22)18(23)20-5-4-15(19)10-20/h6-7,14-15H,4-5,8-10,19H2,1-3H3/t14-,15+/m0/s1. The van der Waals surface area contributed by atoms with E-state index in [1.807, 2.05) is 18.7 Å². The van der Waals surface area contributed by atoms with Crippen LogP contribution in [0.1, 0.15) is 29.5 Å². The Morgan fingerprint density at radius 1 is 1.17 bits per heavy atom. The summed E-state index contributed by atoms with van der Waals surface area (Å²) in [5.41, 5.74) is 10.2. The van der Waals surface area contributed by atoms with Crippen LogP contribution in [-0.4, -0.2) is 42.4 Å². The van der Waals surface area contributed by atoms with Crippen LogP contribution in [0.4, 0.5) is 5.69 Å². The molecule has 2 saturated heterocycles. The van der Waals surface area contributed by atoms with E-state index in [9.17, 15) is 9.59 Å². The monoisotopic (exact) mass is 315 g/mol. The number of hydrogen-bond donors (Lipinski definition) is 1. The Morgan fingerprint density at radius 3 is 2.39 bits per heavy atom. The maximum absolute atomic E-state index is 12.6. The van der Waals surface area contributed by atoms with E-state index < -0.39 is 0 Å². The predicted octanol–water partition coefficient (Wildman–Crippen LogP) is 1.52. The van der Waals surface area contributed by atoms with Gasteiger partial charge in [-0.25, -0.2) is 0 Å². The Balaban J connectivity index is 1.79. The lowest BCUT2D eigenvalue weighted by Gasteiger charge is -2.23. The summed E-state index contributed by atoms with van der Waals surface area (Å²) in [6, 6.07) is 4.25. The van der Waals surface area contributed by atoms with Crippen LogP contribution in [0.3, 0.4) is 0 Å². The van der Waals surface area contributed by atoms with Crippen LogP contribution in [0.25, 0.3) is 0 Å². The average molecular weight is 315 g/mol. The molecule has 2 fully saturated rings. The van der Waals surface area contributed by atoms with Crippen LogP contribution in [-0.2, 0) is 9.59 Å². The second kappa shape index (κ2) is 5.96. The second-order valence-electron chi connectivity index (χ2n) is 6.99. The highest BCUT2D eigenvalue weighted by molar-refractivity contribution is 6.01. The topological polar surface area (TPSA) is 66.6 Å². The SMILES string of the molecule is Cc1cc(C)c(N2C[C@@H](C(=O)N3CC[C@@H](N)C3)CC2=O)c(C)c1. The highest BCUT2D eigenvalue weighted by Crippen LogP contribution is 2.32. The molecular weight excluding hydrogens is 290 g/mol. The van der Waals surface area contributed by atoms with Crippen molar-refractivity contribution in [3.05, 3.63) is 28.8 Å². The smallest absolute Gasteiger partial charge is 0.228 e. The van der Waals surface area contributed by atoms with Crippen LogP contribution in [0.5, 0.6) is 0 Å². The molecule has 2 heterocycles. The molecule has 0 aromatic heterocycles. The molecule has 2 amide bonds. The van der Waals surface area contributed by atoms with Gasteiger partial charge in [-0.1, -0.05) is 17.7 Å². The fourth-order valence-electron chi connectivity index (χ4n) is 3.93. The van der Waals surface area contributed by atoms with E-state index in [2.05, 4.69) is 19.1 Å². The zero-order chi connectivity index (χ0) is 16.7. The number of hydrogen-bond acceptors (Lipinski definition) is 3. The van der Waals surface area contributed by atoms with Crippen molar-refractivity contribution in [2.75, 3.05) is 24.5 Å². The molecule has 5 heteroatoms. The molecule has 0 saturated carbocycles. The molecule has 0 aliphatic carbocycles. The maximum atomic E-state index is 12.6. The number of benzene rings is 1.